The van der Waals surface area contributed by atoms with Crippen molar-refractivity contribution in [3.63, 3.8) is 0 Å². The number of likely N-dealkylation sites (N-methyl/N-ethyl adjacent to an activating group) is 1. The maximum Gasteiger partial charge on any atom is 0.455 e. The molecular formula is C13H11F3N2O3S. The van der Waals surface area contributed by atoms with Gasteiger partial charge >= 0.3 is 6.18 Å². The minimum atomic E-state index is -4.94. The van der Waals surface area contributed by atoms with Crippen LogP contribution in [0.1, 0.15) is 25.0 Å². The molecule has 0 aliphatic carbocycles. The van der Waals surface area contributed by atoms with Crippen molar-refractivity contribution in [2.75, 3.05) is 13.6 Å². The van der Waals surface area contributed by atoms with E-state index in [-0.39, 0.29) is 4.88 Å². The van der Waals surface area contributed by atoms with Crippen LogP contribution in [0.25, 0.3) is 0 Å². The first-order chi connectivity index (χ1) is 10.3. The molecule has 0 aromatic carbocycles. The van der Waals surface area contributed by atoms with Crippen molar-refractivity contribution < 1.29 is 27.3 Å². The Labute approximate surface area is 127 Å². The predicted molar refractivity (Wildman–Crippen MR) is 71.9 cm³/mol. The number of thiophene rings is 1. The summed E-state index contributed by atoms with van der Waals surface area (Å²) in [6.07, 6.45) is -3.08. The second-order valence-corrected chi connectivity index (χ2v) is 5.54. The summed E-state index contributed by atoms with van der Waals surface area (Å²) in [4.78, 5) is 24.1. The standard InChI is InChI=1S/C13H11F3N2O3S/c1-18(6-4-8-5-7-21-17-8)12(20)10-3-2-9(22-10)11(19)13(14,15)16/h2-3,5,7H,4,6H2,1H3. The number of hydrogen-bond donors (Lipinski definition) is 0. The Morgan fingerprint density at radius 3 is 2.55 bits per heavy atom. The fourth-order valence-electron chi connectivity index (χ4n) is 1.65. The minimum Gasteiger partial charge on any atom is -0.365 e. The summed E-state index contributed by atoms with van der Waals surface area (Å²) in [6, 6.07) is 3.89. The molecule has 0 saturated heterocycles. The highest BCUT2D eigenvalue weighted by Gasteiger charge is 2.40. The van der Waals surface area contributed by atoms with Crippen LogP contribution in [0.15, 0.2) is 29.0 Å². The first kappa shape index (κ1) is 16.2. The lowest BCUT2D eigenvalue weighted by Crippen LogP contribution is -2.28. The number of nitrogens with zero attached hydrogens (tertiary/aromatic N) is 2. The Hall–Kier alpha value is -2.16. The van der Waals surface area contributed by atoms with E-state index in [9.17, 15) is 22.8 Å². The fraction of sp³-hybridized carbons (Fsp3) is 0.308. The van der Waals surface area contributed by atoms with Gasteiger partial charge in [-0.3, -0.25) is 9.59 Å². The minimum absolute atomic E-state index is 0.0789. The molecule has 2 aromatic heterocycles. The third kappa shape index (κ3) is 3.73. The van der Waals surface area contributed by atoms with Crippen LogP contribution in [0.5, 0.6) is 0 Å². The van der Waals surface area contributed by atoms with Gasteiger partial charge in [-0.25, -0.2) is 0 Å². The molecule has 0 spiro atoms. The number of Topliss-reactive ketones (excluding diaryl/α,β-unsaturated/α-hetero) is 1. The predicted octanol–water partition coefficient (Wildman–Crippen LogP) is 2.80. The number of aromatic nitrogens is 1. The lowest BCUT2D eigenvalue weighted by atomic mass is 10.3. The number of halogens is 3. The highest BCUT2D eigenvalue weighted by Crippen LogP contribution is 2.26. The molecule has 0 N–H and O–H groups in total. The average molecular weight is 332 g/mol. The van der Waals surface area contributed by atoms with E-state index in [2.05, 4.69) is 9.68 Å². The van der Waals surface area contributed by atoms with Gasteiger partial charge in [-0.05, 0) is 12.1 Å². The lowest BCUT2D eigenvalue weighted by Gasteiger charge is -2.15. The molecule has 0 unspecified atom stereocenters. The van der Waals surface area contributed by atoms with Crippen LogP contribution in [0.4, 0.5) is 13.2 Å². The van der Waals surface area contributed by atoms with Gasteiger partial charge in [0, 0.05) is 26.1 Å². The molecule has 0 radical (unpaired) electrons. The molecule has 118 valence electrons. The van der Waals surface area contributed by atoms with Crippen LogP contribution in [-0.4, -0.2) is 41.5 Å². The Balaban J connectivity index is 2.00. The van der Waals surface area contributed by atoms with Gasteiger partial charge in [0.1, 0.15) is 6.26 Å². The van der Waals surface area contributed by atoms with Gasteiger partial charge < -0.3 is 9.42 Å². The van der Waals surface area contributed by atoms with E-state index in [4.69, 9.17) is 0 Å². The van der Waals surface area contributed by atoms with Crippen molar-refractivity contribution in [1.82, 2.24) is 10.1 Å². The number of alkyl halides is 3. The van der Waals surface area contributed by atoms with Crippen molar-refractivity contribution in [2.24, 2.45) is 0 Å². The van der Waals surface area contributed by atoms with E-state index in [1.807, 2.05) is 0 Å². The number of amides is 1. The van der Waals surface area contributed by atoms with E-state index in [1.54, 1.807) is 6.07 Å². The van der Waals surface area contributed by atoms with Gasteiger partial charge in [0.2, 0.25) is 0 Å². The molecule has 22 heavy (non-hydrogen) atoms. The number of rotatable bonds is 5. The zero-order valence-corrected chi connectivity index (χ0v) is 12.2. The van der Waals surface area contributed by atoms with Crippen LogP contribution >= 0.6 is 11.3 Å². The Morgan fingerprint density at radius 2 is 1.95 bits per heavy atom. The van der Waals surface area contributed by atoms with E-state index >= 15 is 0 Å². The highest BCUT2D eigenvalue weighted by atomic mass is 32.1. The Kier molecular flexibility index (Phi) is 4.65. The summed E-state index contributed by atoms with van der Waals surface area (Å²) >= 11 is 0.533. The van der Waals surface area contributed by atoms with E-state index in [1.165, 1.54) is 24.3 Å². The second kappa shape index (κ2) is 6.30. The molecule has 0 bridgehead atoms. The van der Waals surface area contributed by atoms with Gasteiger partial charge in [-0.2, -0.15) is 13.2 Å². The summed E-state index contributed by atoms with van der Waals surface area (Å²) in [7, 11) is 1.52. The first-order valence-electron chi connectivity index (χ1n) is 6.15. The molecular weight excluding hydrogens is 321 g/mol. The summed E-state index contributed by atoms with van der Waals surface area (Å²) in [6.45, 7) is 0.325. The van der Waals surface area contributed by atoms with Crippen LogP contribution in [-0.2, 0) is 6.42 Å². The van der Waals surface area contributed by atoms with Crippen molar-refractivity contribution in [3.05, 3.63) is 39.9 Å². The smallest absolute Gasteiger partial charge is 0.365 e. The SMILES string of the molecule is CN(CCc1ccon1)C(=O)c1ccc(C(=O)C(F)(F)F)s1. The molecule has 0 aliphatic heterocycles. The number of ketones is 1. The number of hydrogen-bond acceptors (Lipinski definition) is 5. The molecule has 0 fully saturated rings. The largest absolute Gasteiger partial charge is 0.455 e. The normalized spacial score (nSPS) is 11.5. The number of carbonyl (C=O) groups is 2. The zero-order chi connectivity index (χ0) is 16.3. The molecule has 0 atom stereocenters. The van der Waals surface area contributed by atoms with Gasteiger partial charge in [0.15, 0.2) is 0 Å². The van der Waals surface area contributed by atoms with E-state index < -0.39 is 22.7 Å². The summed E-state index contributed by atoms with van der Waals surface area (Å²) in [5.41, 5.74) is 0.666. The molecule has 2 heterocycles. The van der Waals surface area contributed by atoms with E-state index in [0.29, 0.717) is 30.0 Å². The third-order valence-electron chi connectivity index (χ3n) is 2.84. The van der Waals surface area contributed by atoms with Gasteiger partial charge in [-0.15, -0.1) is 11.3 Å². The van der Waals surface area contributed by atoms with Crippen molar-refractivity contribution in [2.45, 2.75) is 12.6 Å². The van der Waals surface area contributed by atoms with Gasteiger partial charge in [0.05, 0.1) is 15.4 Å². The van der Waals surface area contributed by atoms with Crippen LogP contribution in [0.2, 0.25) is 0 Å². The topological polar surface area (TPSA) is 63.4 Å². The van der Waals surface area contributed by atoms with Crippen LogP contribution < -0.4 is 0 Å². The van der Waals surface area contributed by atoms with Gasteiger partial charge in [-0.1, -0.05) is 5.16 Å². The second-order valence-electron chi connectivity index (χ2n) is 4.46. The Morgan fingerprint density at radius 1 is 1.27 bits per heavy atom. The highest BCUT2D eigenvalue weighted by molar-refractivity contribution is 7.16. The van der Waals surface area contributed by atoms with Crippen molar-refractivity contribution in [1.29, 1.82) is 0 Å². The molecule has 2 aromatic rings. The van der Waals surface area contributed by atoms with Crippen LogP contribution in [0.3, 0.4) is 0 Å². The maximum atomic E-state index is 12.3. The molecule has 9 heteroatoms. The van der Waals surface area contributed by atoms with E-state index in [0.717, 1.165) is 6.07 Å². The fourth-order valence-corrected chi connectivity index (χ4v) is 2.61. The molecule has 0 saturated carbocycles. The summed E-state index contributed by atoms with van der Waals surface area (Å²) in [5, 5.41) is 3.69. The molecule has 5 nitrogen and oxygen atoms in total. The van der Waals surface area contributed by atoms with Crippen molar-refractivity contribution >= 4 is 23.0 Å². The molecule has 1 amide bonds. The summed E-state index contributed by atoms with van der Waals surface area (Å²) in [5.74, 6) is -2.39. The third-order valence-corrected chi connectivity index (χ3v) is 3.91. The van der Waals surface area contributed by atoms with Crippen molar-refractivity contribution in [3.8, 4) is 0 Å². The summed E-state index contributed by atoms with van der Waals surface area (Å²) < 4.78 is 41.6. The molecule has 2 rings (SSSR count). The average Bonchev–Trinajstić information content (AvgIpc) is 3.13. The molecule has 0 aliphatic rings. The first-order valence-corrected chi connectivity index (χ1v) is 6.97. The Bertz CT molecular complexity index is 664. The monoisotopic (exact) mass is 332 g/mol. The maximum absolute atomic E-state index is 12.3. The number of carbonyl (C=O) groups excluding carboxylic acids is 2. The van der Waals surface area contributed by atoms with Gasteiger partial charge in [0.25, 0.3) is 11.7 Å². The zero-order valence-electron chi connectivity index (χ0n) is 11.4. The van der Waals surface area contributed by atoms with Crippen LogP contribution in [0, 0.1) is 0 Å². The lowest BCUT2D eigenvalue weighted by molar-refractivity contribution is -0.0882. The quantitative estimate of drug-likeness (QED) is 0.790.